The van der Waals surface area contributed by atoms with Crippen molar-refractivity contribution in [3.05, 3.63) is 23.8 Å². The summed E-state index contributed by atoms with van der Waals surface area (Å²) in [5, 5.41) is 15.4. The van der Waals surface area contributed by atoms with E-state index in [1.54, 1.807) is 0 Å². The zero-order chi connectivity index (χ0) is 20.3. The lowest BCUT2D eigenvalue weighted by Crippen LogP contribution is -2.57. The lowest BCUT2D eigenvalue weighted by Gasteiger charge is -2.27. The fraction of sp³-hybridized carbons (Fsp3) is 0.471. The molecule has 0 aliphatic carbocycles. The smallest absolute Gasteiger partial charge is 0.359 e. The zero-order valence-electron chi connectivity index (χ0n) is 15.2. The maximum atomic E-state index is 13.1. The first kappa shape index (κ1) is 19.9. The van der Waals surface area contributed by atoms with E-state index in [0.717, 1.165) is 16.8 Å². The number of hydrogen-bond acceptors (Lipinski definition) is 5. The van der Waals surface area contributed by atoms with Crippen LogP contribution in [0.3, 0.4) is 0 Å². The SMILES string of the molecule is CCCNC(=O)n1nc(NCC(=O)NC2CNC2)c2cc(C(F)(F)F)ccc21. The van der Waals surface area contributed by atoms with E-state index < -0.39 is 17.8 Å². The Balaban J connectivity index is 1.87. The van der Waals surface area contributed by atoms with Crippen LogP contribution in [-0.4, -0.2) is 53.9 Å². The minimum Gasteiger partial charge on any atom is -0.359 e. The number of carbonyl (C=O) groups is 2. The summed E-state index contributed by atoms with van der Waals surface area (Å²) in [6, 6.07) is 2.50. The molecule has 1 saturated heterocycles. The highest BCUT2D eigenvalue weighted by molar-refractivity contribution is 5.98. The number of benzene rings is 1. The molecular formula is C17H21F3N6O2. The van der Waals surface area contributed by atoms with Crippen molar-refractivity contribution in [3.8, 4) is 0 Å². The Morgan fingerprint density at radius 1 is 1.32 bits per heavy atom. The van der Waals surface area contributed by atoms with E-state index in [1.807, 2.05) is 6.92 Å². The van der Waals surface area contributed by atoms with Crippen LogP contribution in [0.4, 0.5) is 23.8 Å². The Labute approximate surface area is 158 Å². The molecular weight excluding hydrogens is 377 g/mol. The summed E-state index contributed by atoms with van der Waals surface area (Å²) in [5.74, 6) is -0.272. The maximum absolute atomic E-state index is 13.1. The van der Waals surface area contributed by atoms with Crippen molar-refractivity contribution in [2.75, 3.05) is 31.5 Å². The molecule has 2 amide bonds. The molecule has 0 radical (unpaired) electrons. The number of alkyl halides is 3. The number of fused-ring (bicyclic) bond motifs is 1. The van der Waals surface area contributed by atoms with Gasteiger partial charge in [-0.3, -0.25) is 4.79 Å². The van der Waals surface area contributed by atoms with Gasteiger partial charge in [-0.25, -0.2) is 4.79 Å². The number of nitrogens with one attached hydrogen (secondary N) is 4. The fourth-order valence-corrected chi connectivity index (χ4v) is 2.72. The summed E-state index contributed by atoms with van der Waals surface area (Å²) in [5.41, 5.74) is -0.644. The molecule has 28 heavy (non-hydrogen) atoms. The Morgan fingerprint density at radius 3 is 2.68 bits per heavy atom. The van der Waals surface area contributed by atoms with Crippen molar-refractivity contribution < 1.29 is 22.8 Å². The first-order valence-corrected chi connectivity index (χ1v) is 8.91. The van der Waals surface area contributed by atoms with E-state index in [4.69, 9.17) is 0 Å². The average molecular weight is 398 g/mol. The highest BCUT2D eigenvalue weighted by Crippen LogP contribution is 2.33. The van der Waals surface area contributed by atoms with E-state index in [1.165, 1.54) is 6.07 Å². The number of carbonyl (C=O) groups excluding carboxylic acids is 2. The Morgan fingerprint density at radius 2 is 2.07 bits per heavy atom. The first-order chi connectivity index (χ1) is 13.3. The molecule has 3 rings (SSSR count). The topological polar surface area (TPSA) is 100 Å². The van der Waals surface area contributed by atoms with Crippen LogP contribution in [0, 0.1) is 0 Å². The first-order valence-electron chi connectivity index (χ1n) is 8.91. The van der Waals surface area contributed by atoms with Crippen LogP contribution in [0.1, 0.15) is 18.9 Å². The van der Waals surface area contributed by atoms with Crippen LogP contribution in [0.5, 0.6) is 0 Å². The van der Waals surface area contributed by atoms with E-state index in [2.05, 4.69) is 26.4 Å². The summed E-state index contributed by atoms with van der Waals surface area (Å²) in [6.07, 6.45) is -3.84. The molecule has 1 fully saturated rings. The normalized spacial score (nSPS) is 14.6. The van der Waals surface area contributed by atoms with Crippen LogP contribution in [0.15, 0.2) is 18.2 Å². The summed E-state index contributed by atoms with van der Waals surface area (Å²) in [7, 11) is 0. The molecule has 1 aromatic carbocycles. The van der Waals surface area contributed by atoms with Crippen molar-refractivity contribution in [2.45, 2.75) is 25.6 Å². The molecule has 8 nitrogen and oxygen atoms in total. The van der Waals surface area contributed by atoms with Gasteiger partial charge in [-0.15, -0.1) is 5.10 Å². The van der Waals surface area contributed by atoms with Gasteiger partial charge in [-0.2, -0.15) is 17.9 Å². The van der Waals surface area contributed by atoms with E-state index >= 15 is 0 Å². The summed E-state index contributed by atoms with van der Waals surface area (Å²) in [6.45, 7) is 3.46. The minimum absolute atomic E-state index is 0.0367. The maximum Gasteiger partial charge on any atom is 0.416 e. The van der Waals surface area contributed by atoms with Crippen molar-refractivity contribution in [1.82, 2.24) is 25.7 Å². The van der Waals surface area contributed by atoms with Gasteiger partial charge in [0.15, 0.2) is 5.82 Å². The van der Waals surface area contributed by atoms with Gasteiger partial charge in [-0.05, 0) is 24.6 Å². The molecule has 1 aromatic heterocycles. The standard InChI is InChI=1S/C17H21F3N6O2/c1-2-5-22-16(28)26-13-4-3-10(17(18,19)20)6-12(13)15(25-26)23-9-14(27)24-11-7-21-8-11/h3-4,6,11,21H,2,5,7-9H2,1H3,(H,22,28)(H,23,25)(H,24,27). The van der Waals surface area contributed by atoms with Crippen molar-refractivity contribution in [3.63, 3.8) is 0 Å². The van der Waals surface area contributed by atoms with Crippen LogP contribution in [0.25, 0.3) is 10.9 Å². The van der Waals surface area contributed by atoms with Gasteiger partial charge in [0.25, 0.3) is 0 Å². The van der Waals surface area contributed by atoms with E-state index in [9.17, 15) is 22.8 Å². The minimum atomic E-state index is -4.54. The number of amides is 2. The second-order valence-electron chi connectivity index (χ2n) is 6.50. The largest absolute Gasteiger partial charge is 0.416 e. The number of nitrogens with zero attached hydrogens (tertiary/aromatic N) is 2. The second-order valence-corrected chi connectivity index (χ2v) is 6.50. The number of halogens is 3. The molecule has 152 valence electrons. The lowest BCUT2D eigenvalue weighted by atomic mass is 10.1. The Hall–Kier alpha value is -2.82. The molecule has 0 spiro atoms. The summed E-state index contributed by atoms with van der Waals surface area (Å²) >= 11 is 0. The molecule has 4 N–H and O–H groups in total. The van der Waals surface area contributed by atoms with Crippen molar-refractivity contribution >= 4 is 28.7 Å². The molecule has 2 aromatic rings. The molecule has 0 atom stereocenters. The van der Waals surface area contributed by atoms with Crippen LogP contribution < -0.4 is 21.3 Å². The molecule has 1 aliphatic heterocycles. The Bertz CT molecular complexity index is 876. The molecule has 1 aliphatic rings. The molecule has 0 unspecified atom stereocenters. The van der Waals surface area contributed by atoms with Gasteiger partial charge in [0.05, 0.1) is 23.7 Å². The molecule has 0 saturated carbocycles. The van der Waals surface area contributed by atoms with Gasteiger partial charge >= 0.3 is 12.2 Å². The summed E-state index contributed by atoms with van der Waals surface area (Å²) < 4.78 is 40.3. The lowest BCUT2D eigenvalue weighted by molar-refractivity contribution is -0.137. The Kier molecular flexibility index (Phi) is 5.73. The van der Waals surface area contributed by atoms with Gasteiger partial charge < -0.3 is 21.3 Å². The third kappa shape index (κ3) is 4.35. The number of rotatable bonds is 6. The number of hydrogen-bond donors (Lipinski definition) is 4. The van der Waals surface area contributed by atoms with Gasteiger partial charge in [0, 0.05) is 25.0 Å². The molecule has 0 bridgehead atoms. The van der Waals surface area contributed by atoms with E-state index in [0.29, 0.717) is 26.1 Å². The number of anilines is 1. The predicted molar refractivity (Wildman–Crippen MR) is 97.1 cm³/mol. The molecule has 11 heteroatoms. The fourth-order valence-electron chi connectivity index (χ4n) is 2.72. The van der Waals surface area contributed by atoms with Crippen LogP contribution in [-0.2, 0) is 11.0 Å². The van der Waals surface area contributed by atoms with Crippen LogP contribution in [0.2, 0.25) is 0 Å². The number of aromatic nitrogens is 2. The van der Waals surface area contributed by atoms with E-state index in [-0.39, 0.29) is 35.2 Å². The predicted octanol–water partition coefficient (Wildman–Crippen LogP) is 1.52. The molecule has 2 heterocycles. The van der Waals surface area contributed by atoms with Crippen molar-refractivity contribution in [1.29, 1.82) is 0 Å². The highest BCUT2D eigenvalue weighted by Gasteiger charge is 2.31. The third-order valence-corrected chi connectivity index (χ3v) is 4.29. The van der Waals surface area contributed by atoms with Gasteiger partial charge in [0.2, 0.25) is 5.91 Å². The quantitative estimate of drug-likeness (QED) is 0.591. The van der Waals surface area contributed by atoms with Gasteiger partial charge in [0.1, 0.15) is 0 Å². The average Bonchev–Trinajstić information content (AvgIpc) is 2.98. The van der Waals surface area contributed by atoms with Gasteiger partial charge in [-0.1, -0.05) is 6.92 Å². The summed E-state index contributed by atoms with van der Waals surface area (Å²) in [4.78, 5) is 24.3. The third-order valence-electron chi connectivity index (χ3n) is 4.29. The van der Waals surface area contributed by atoms with Crippen LogP contribution >= 0.6 is 0 Å². The highest BCUT2D eigenvalue weighted by atomic mass is 19.4. The second kappa shape index (κ2) is 8.05. The van der Waals surface area contributed by atoms with Crippen molar-refractivity contribution in [2.24, 2.45) is 0 Å². The zero-order valence-corrected chi connectivity index (χ0v) is 15.2. The monoisotopic (exact) mass is 398 g/mol.